The molecule has 0 aliphatic carbocycles. The quantitative estimate of drug-likeness (QED) is 0.803. The molecule has 0 fully saturated rings. The van der Waals surface area contributed by atoms with Gasteiger partial charge in [-0.05, 0) is 26.6 Å². The number of hydrogen-bond acceptors (Lipinski definition) is 3. The van der Waals surface area contributed by atoms with Crippen LogP contribution in [0.3, 0.4) is 0 Å². The number of rotatable bonds is 4. The second kappa shape index (κ2) is 6.06. The van der Waals surface area contributed by atoms with Gasteiger partial charge in [0, 0.05) is 13.0 Å². The summed E-state index contributed by atoms with van der Waals surface area (Å²) in [7, 11) is 4.09. The molecule has 3 heteroatoms. The van der Waals surface area contributed by atoms with Crippen LogP contribution in [-0.4, -0.2) is 30.2 Å². The Balaban J connectivity index is 2.91. The van der Waals surface area contributed by atoms with Crippen molar-refractivity contribution >= 4 is 16.9 Å². The van der Waals surface area contributed by atoms with Crippen LogP contribution in [0, 0.1) is 0 Å². The predicted molar refractivity (Wildman–Crippen MR) is 70.6 cm³/mol. The van der Waals surface area contributed by atoms with E-state index in [2.05, 4.69) is 24.0 Å². The SMILES string of the molecule is CC(=O)SC(c1ccccc1)C(C)N(C)C. The monoisotopic (exact) mass is 237 g/mol. The van der Waals surface area contributed by atoms with E-state index >= 15 is 0 Å². The zero-order chi connectivity index (χ0) is 12.1. The highest BCUT2D eigenvalue weighted by molar-refractivity contribution is 8.13. The van der Waals surface area contributed by atoms with E-state index in [0.717, 1.165) is 0 Å². The summed E-state index contributed by atoms with van der Waals surface area (Å²) in [6.07, 6.45) is 0. The van der Waals surface area contributed by atoms with Crippen molar-refractivity contribution in [2.45, 2.75) is 25.1 Å². The molecule has 0 saturated heterocycles. The van der Waals surface area contributed by atoms with Crippen molar-refractivity contribution in [1.29, 1.82) is 0 Å². The summed E-state index contributed by atoms with van der Waals surface area (Å²) in [6, 6.07) is 10.5. The molecule has 2 unspecified atom stereocenters. The molecule has 16 heavy (non-hydrogen) atoms. The molecular weight excluding hydrogens is 218 g/mol. The molecule has 0 bridgehead atoms. The maximum Gasteiger partial charge on any atom is 0.186 e. The fourth-order valence-corrected chi connectivity index (χ4v) is 2.63. The molecule has 0 heterocycles. The molecule has 1 aromatic carbocycles. The van der Waals surface area contributed by atoms with E-state index in [1.807, 2.05) is 32.3 Å². The Labute approximate surface area is 102 Å². The summed E-state index contributed by atoms with van der Waals surface area (Å²) >= 11 is 1.41. The van der Waals surface area contributed by atoms with Gasteiger partial charge in [0.2, 0.25) is 0 Å². The number of thioether (sulfide) groups is 1. The molecule has 1 aromatic rings. The molecule has 1 rings (SSSR count). The highest BCUT2D eigenvalue weighted by Crippen LogP contribution is 2.34. The Morgan fingerprint density at radius 2 is 1.81 bits per heavy atom. The Kier molecular flexibility index (Phi) is 5.03. The summed E-state index contributed by atoms with van der Waals surface area (Å²) in [4.78, 5) is 13.4. The van der Waals surface area contributed by atoms with Gasteiger partial charge < -0.3 is 4.90 Å². The summed E-state index contributed by atoms with van der Waals surface area (Å²) in [5, 5.41) is 0.372. The first-order valence-electron chi connectivity index (χ1n) is 5.41. The molecule has 0 N–H and O–H groups in total. The number of benzene rings is 1. The fraction of sp³-hybridized carbons (Fsp3) is 0.462. The minimum absolute atomic E-state index is 0.169. The first kappa shape index (κ1) is 13.3. The first-order chi connectivity index (χ1) is 7.52. The van der Waals surface area contributed by atoms with Crippen molar-refractivity contribution in [2.24, 2.45) is 0 Å². The van der Waals surface area contributed by atoms with Crippen LogP contribution >= 0.6 is 11.8 Å². The third-order valence-electron chi connectivity index (χ3n) is 2.67. The number of carbonyl (C=O) groups excluding carboxylic acids is 1. The normalized spacial score (nSPS) is 14.8. The van der Waals surface area contributed by atoms with E-state index < -0.39 is 0 Å². The maximum atomic E-state index is 11.3. The molecule has 2 atom stereocenters. The number of carbonyl (C=O) groups is 1. The zero-order valence-electron chi connectivity index (χ0n) is 10.3. The van der Waals surface area contributed by atoms with Gasteiger partial charge in [-0.25, -0.2) is 0 Å². The average Bonchev–Trinajstić information content (AvgIpc) is 2.26. The van der Waals surface area contributed by atoms with Gasteiger partial charge in [-0.2, -0.15) is 0 Å². The lowest BCUT2D eigenvalue weighted by Gasteiger charge is -2.28. The molecular formula is C13H19NOS. The van der Waals surface area contributed by atoms with E-state index in [1.54, 1.807) is 6.92 Å². The van der Waals surface area contributed by atoms with Crippen molar-refractivity contribution in [3.8, 4) is 0 Å². The van der Waals surface area contributed by atoms with E-state index in [-0.39, 0.29) is 10.4 Å². The van der Waals surface area contributed by atoms with Crippen molar-refractivity contribution < 1.29 is 4.79 Å². The molecule has 0 aromatic heterocycles. The Morgan fingerprint density at radius 1 is 1.25 bits per heavy atom. The summed E-state index contributed by atoms with van der Waals surface area (Å²) in [5.41, 5.74) is 1.21. The van der Waals surface area contributed by atoms with E-state index in [0.29, 0.717) is 6.04 Å². The van der Waals surface area contributed by atoms with Crippen LogP contribution in [0.2, 0.25) is 0 Å². The highest BCUT2D eigenvalue weighted by atomic mass is 32.2. The number of hydrogen-bond donors (Lipinski definition) is 0. The number of likely N-dealkylation sites (N-methyl/N-ethyl adjacent to an activating group) is 1. The third kappa shape index (κ3) is 3.65. The zero-order valence-corrected chi connectivity index (χ0v) is 11.1. The van der Waals surface area contributed by atoms with Gasteiger partial charge in [-0.15, -0.1) is 0 Å². The minimum Gasteiger partial charge on any atom is -0.305 e. The lowest BCUT2D eigenvalue weighted by atomic mass is 10.1. The van der Waals surface area contributed by atoms with Crippen molar-refractivity contribution in [3.05, 3.63) is 35.9 Å². The fourth-order valence-electron chi connectivity index (χ4n) is 1.54. The van der Waals surface area contributed by atoms with Gasteiger partial charge in [-0.1, -0.05) is 42.1 Å². The van der Waals surface area contributed by atoms with Gasteiger partial charge in [0.05, 0.1) is 5.25 Å². The second-order valence-corrected chi connectivity index (χ2v) is 5.46. The Bertz CT molecular complexity index is 337. The van der Waals surface area contributed by atoms with Crippen LogP contribution in [0.5, 0.6) is 0 Å². The van der Waals surface area contributed by atoms with Crippen LogP contribution in [-0.2, 0) is 4.79 Å². The predicted octanol–water partition coefficient (Wildman–Crippen LogP) is 2.96. The van der Waals surface area contributed by atoms with Crippen LogP contribution < -0.4 is 0 Å². The molecule has 0 amide bonds. The largest absolute Gasteiger partial charge is 0.305 e. The summed E-state index contributed by atoms with van der Waals surface area (Å²) in [5.74, 6) is 0. The van der Waals surface area contributed by atoms with Crippen LogP contribution in [0.15, 0.2) is 30.3 Å². The summed E-state index contributed by atoms with van der Waals surface area (Å²) < 4.78 is 0. The standard InChI is InChI=1S/C13H19NOS/c1-10(14(3)4)13(16-11(2)15)12-8-6-5-7-9-12/h5-10,13H,1-4H3. The molecule has 0 aliphatic heterocycles. The van der Waals surface area contributed by atoms with E-state index in [4.69, 9.17) is 0 Å². The molecule has 2 nitrogen and oxygen atoms in total. The Hall–Kier alpha value is -0.800. The lowest BCUT2D eigenvalue weighted by molar-refractivity contribution is -0.109. The highest BCUT2D eigenvalue weighted by Gasteiger charge is 2.22. The first-order valence-corrected chi connectivity index (χ1v) is 6.29. The van der Waals surface area contributed by atoms with Gasteiger partial charge >= 0.3 is 0 Å². The topological polar surface area (TPSA) is 20.3 Å². The average molecular weight is 237 g/mol. The second-order valence-electron chi connectivity index (χ2n) is 4.14. The van der Waals surface area contributed by atoms with Gasteiger partial charge in [0.1, 0.15) is 0 Å². The molecule has 0 aliphatic rings. The molecule has 0 saturated carbocycles. The van der Waals surface area contributed by atoms with E-state index in [1.165, 1.54) is 17.3 Å². The van der Waals surface area contributed by atoms with Crippen LogP contribution in [0.4, 0.5) is 0 Å². The molecule has 0 radical (unpaired) electrons. The van der Waals surface area contributed by atoms with Crippen molar-refractivity contribution in [2.75, 3.05) is 14.1 Å². The third-order valence-corrected chi connectivity index (χ3v) is 3.93. The lowest BCUT2D eigenvalue weighted by Crippen LogP contribution is -2.30. The maximum absolute atomic E-state index is 11.3. The smallest absolute Gasteiger partial charge is 0.186 e. The van der Waals surface area contributed by atoms with Gasteiger partial charge in [0.25, 0.3) is 0 Å². The van der Waals surface area contributed by atoms with E-state index in [9.17, 15) is 4.79 Å². The molecule has 0 spiro atoms. The van der Waals surface area contributed by atoms with Gasteiger partial charge in [0.15, 0.2) is 5.12 Å². The van der Waals surface area contributed by atoms with Crippen molar-refractivity contribution in [3.63, 3.8) is 0 Å². The van der Waals surface area contributed by atoms with Gasteiger partial charge in [-0.3, -0.25) is 4.79 Å². The molecule has 88 valence electrons. The Morgan fingerprint density at radius 3 is 2.25 bits per heavy atom. The minimum atomic E-state index is 0.169. The van der Waals surface area contributed by atoms with Crippen molar-refractivity contribution in [1.82, 2.24) is 4.90 Å². The van der Waals surface area contributed by atoms with Crippen LogP contribution in [0.1, 0.15) is 24.7 Å². The van der Waals surface area contributed by atoms with Crippen LogP contribution in [0.25, 0.3) is 0 Å². The number of nitrogens with zero attached hydrogens (tertiary/aromatic N) is 1. The summed E-state index contributed by atoms with van der Waals surface area (Å²) in [6.45, 7) is 3.77.